The standard InChI is InChI=1S/C13H12ClIN2OS/c1-3-11-7(2)19-13(16-11)17-12(18)9-5-4-8(14)6-10(9)15/h4-6H,3H2,1-2H3,(H,16,17,18). The molecule has 0 aliphatic rings. The van der Waals surface area contributed by atoms with E-state index in [0.29, 0.717) is 15.7 Å². The Bertz CT molecular complexity index is 627. The second-order valence-corrected chi connectivity index (χ2v) is 6.76. The zero-order valence-electron chi connectivity index (χ0n) is 10.5. The average Bonchev–Trinajstić information content (AvgIpc) is 2.69. The monoisotopic (exact) mass is 406 g/mol. The molecule has 2 aromatic rings. The Balaban J connectivity index is 2.20. The van der Waals surface area contributed by atoms with Gasteiger partial charge in [0.1, 0.15) is 0 Å². The lowest BCUT2D eigenvalue weighted by molar-refractivity contribution is 0.102. The van der Waals surface area contributed by atoms with Crippen LogP contribution >= 0.6 is 45.5 Å². The number of aromatic nitrogens is 1. The van der Waals surface area contributed by atoms with Crippen LogP contribution in [-0.4, -0.2) is 10.9 Å². The maximum Gasteiger partial charge on any atom is 0.258 e. The predicted molar refractivity (Wildman–Crippen MR) is 88.4 cm³/mol. The summed E-state index contributed by atoms with van der Waals surface area (Å²) in [5.41, 5.74) is 1.64. The van der Waals surface area contributed by atoms with E-state index in [1.807, 2.05) is 6.92 Å². The fourth-order valence-corrected chi connectivity index (χ4v) is 3.66. The SMILES string of the molecule is CCc1nc(NC(=O)c2ccc(Cl)cc2I)sc1C. The number of amides is 1. The molecule has 3 nitrogen and oxygen atoms in total. The van der Waals surface area contributed by atoms with Crippen LogP contribution in [0.2, 0.25) is 5.02 Å². The third-order valence-corrected chi connectivity index (χ3v) is 4.68. The summed E-state index contributed by atoms with van der Waals surface area (Å²) in [6, 6.07) is 5.20. The molecule has 0 fully saturated rings. The van der Waals surface area contributed by atoms with Gasteiger partial charge in [-0.1, -0.05) is 18.5 Å². The highest BCUT2D eigenvalue weighted by Gasteiger charge is 2.13. The van der Waals surface area contributed by atoms with Crippen LogP contribution in [-0.2, 0) is 6.42 Å². The van der Waals surface area contributed by atoms with E-state index in [1.54, 1.807) is 18.2 Å². The lowest BCUT2D eigenvalue weighted by atomic mass is 10.2. The van der Waals surface area contributed by atoms with Gasteiger partial charge in [0.2, 0.25) is 0 Å². The van der Waals surface area contributed by atoms with Gasteiger partial charge in [-0.05, 0) is 54.1 Å². The molecule has 2 rings (SSSR count). The van der Waals surface area contributed by atoms with Crippen molar-refractivity contribution in [2.75, 3.05) is 5.32 Å². The summed E-state index contributed by atoms with van der Waals surface area (Å²) in [4.78, 5) is 17.7. The Hall–Kier alpha value is -0.660. The van der Waals surface area contributed by atoms with Crippen LogP contribution in [0.3, 0.4) is 0 Å². The number of halogens is 2. The number of benzene rings is 1. The highest BCUT2D eigenvalue weighted by atomic mass is 127. The number of thiazole rings is 1. The van der Waals surface area contributed by atoms with E-state index < -0.39 is 0 Å². The minimum atomic E-state index is -0.155. The van der Waals surface area contributed by atoms with Crippen molar-refractivity contribution in [1.29, 1.82) is 0 Å². The molecular weight excluding hydrogens is 395 g/mol. The van der Waals surface area contributed by atoms with Gasteiger partial charge in [0.25, 0.3) is 5.91 Å². The summed E-state index contributed by atoms with van der Waals surface area (Å²) in [7, 11) is 0. The van der Waals surface area contributed by atoms with Crippen molar-refractivity contribution in [3.63, 3.8) is 0 Å². The molecule has 19 heavy (non-hydrogen) atoms. The third kappa shape index (κ3) is 3.46. The maximum atomic E-state index is 12.2. The second-order valence-electron chi connectivity index (χ2n) is 3.95. The molecule has 0 atom stereocenters. The van der Waals surface area contributed by atoms with E-state index in [9.17, 15) is 4.79 Å². The van der Waals surface area contributed by atoms with Crippen molar-refractivity contribution in [2.45, 2.75) is 20.3 Å². The van der Waals surface area contributed by atoms with Gasteiger partial charge in [-0.25, -0.2) is 4.98 Å². The summed E-state index contributed by atoms with van der Waals surface area (Å²) >= 11 is 9.48. The van der Waals surface area contributed by atoms with E-state index in [1.165, 1.54) is 11.3 Å². The normalized spacial score (nSPS) is 10.5. The first-order chi connectivity index (χ1) is 9.01. The molecule has 0 unspecified atom stereocenters. The molecule has 1 amide bonds. The summed E-state index contributed by atoms with van der Waals surface area (Å²) in [6.07, 6.45) is 0.872. The molecule has 1 aromatic carbocycles. The highest BCUT2D eigenvalue weighted by molar-refractivity contribution is 14.1. The maximum absolute atomic E-state index is 12.2. The van der Waals surface area contributed by atoms with Crippen LogP contribution in [0.15, 0.2) is 18.2 Å². The van der Waals surface area contributed by atoms with E-state index in [2.05, 4.69) is 39.8 Å². The average molecular weight is 407 g/mol. The molecule has 0 aliphatic heterocycles. The molecule has 1 aromatic heterocycles. The van der Waals surface area contributed by atoms with E-state index in [-0.39, 0.29) is 5.91 Å². The quantitative estimate of drug-likeness (QED) is 0.761. The van der Waals surface area contributed by atoms with Crippen LogP contribution in [0.25, 0.3) is 0 Å². The topological polar surface area (TPSA) is 42.0 Å². The molecule has 0 radical (unpaired) electrons. The van der Waals surface area contributed by atoms with Gasteiger partial charge in [0.05, 0.1) is 11.3 Å². The van der Waals surface area contributed by atoms with Gasteiger partial charge in [-0.3, -0.25) is 10.1 Å². The Morgan fingerprint density at radius 3 is 2.84 bits per heavy atom. The van der Waals surface area contributed by atoms with Gasteiger partial charge in [-0.2, -0.15) is 0 Å². The first-order valence-electron chi connectivity index (χ1n) is 5.74. The smallest absolute Gasteiger partial charge is 0.258 e. The summed E-state index contributed by atoms with van der Waals surface area (Å²) in [5.74, 6) is -0.155. The van der Waals surface area contributed by atoms with Gasteiger partial charge in [-0.15, -0.1) is 11.3 Å². The van der Waals surface area contributed by atoms with Crippen LogP contribution in [0.1, 0.15) is 27.9 Å². The Morgan fingerprint density at radius 1 is 1.53 bits per heavy atom. The zero-order valence-corrected chi connectivity index (χ0v) is 14.2. The van der Waals surface area contributed by atoms with Gasteiger partial charge >= 0.3 is 0 Å². The Morgan fingerprint density at radius 2 is 2.26 bits per heavy atom. The van der Waals surface area contributed by atoms with Gasteiger partial charge in [0, 0.05) is 13.5 Å². The van der Waals surface area contributed by atoms with Crippen molar-refractivity contribution >= 4 is 56.6 Å². The van der Waals surface area contributed by atoms with Crippen LogP contribution < -0.4 is 5.32 Å². The first kappa shape index (κ1) is 14.7. The largest absolute Gasteiger partial charge is 0.298 e. The summed E-state index contributed by atoms with van der Waals surface area (Å²) < 4.78 is 0.826. The fraction of sp³-hybridized carbons (Fsp3) is 0.231. The molecule has 0 saturated carbocycles. The van der Waals surface area contributed by atoms with Crippen molar-refractivity contribution in [3.05, 3.63) is 42.9 Å². The third-order valence-electron chi connectivity index (χ3n) is 2.62. The highest BCUT2D eigenvalue weighted by Crippen LogP contribution is 2.24. The van der Waals surface area contributed by atoms with Crippen molar-refractivity contribution < 1.29 is 4.79 Å². The lowest BCUT2D eigenvalue weighted by Crippen LogP contribution is -2.13. The molecule has 0 bridgehead atoms. The molecule has 1 heterocycles. The lowest BCUT2D eigenvalue weighted by Gasteiger charge is -2.04. The minimum absolute atomic E-state index is 0.155. The number of nitrogens with one attached hydrogen (secondary N) is 1. The molecule has 0 spiro atoms. The van der Waals surface area contributed by atoms with Crippen molar-refractivity contribution in [3.8, 4) is 0 Å². The number of aryl methyl sites for hydroxylation is 2. The number of carbonyl (C=O) groups is 1. The van der Waals surface area contributed by atoms with Crippen LogP contribution in [0.4, 0.5) is 5.13 Å². The second kappa shape index (κ2) is 6.19. The molecule has 0 aliphatic carbocycles. The molecular formula is C13H12ClIN2OS. The number of hydrogen-bond donors (Lipinski definition) is 1. The van der Waals surface area contributed by atoms with Gasteiger partial charge < -0.3 is 0 Å². The number of carbonyl (C=O) groups excluding carboxylic acids is 1. The molecule has 0 saturated heterocycles. The number of anilines is 1. The Labute approximate surface area is 134 Å². The summed E-state index contributed by atoms with van der Waals surface area (Å²) in [5, 5.41) is 4.10. The van der Waals surface area contributed by atoms with Gasteiger partial charge in [0.15, 0.2) is 5.13 Å². The van der Waals surface area contributed by atoms with Crippen LogP contribution in [0, 0.1) is 10.5 Å². The number of rotatable bonds is 3. The number of hydrogen-bond acceptors (Lipinski definition) is 3. The molecule has 100 valence electrons. The van der Waals surface area contributed by atoms with Crippen molar-refractivity contribution in [2.24, 2.45) is 0 Å². The predicted octanol–water partition coefficient (Wildman–Crippen LogP) is 4.52. The fourth-order valence-electron chi connectivity index (χ4n) is 1.65. The zero-order chi connectivity index (χ0) is 14.0. The summed E-state index contributed by atoms with van der Waals surface area (Å²) in [6.45, 7) is 4.06. The van der Waals surface area contributed by atoms with Crippen molar-refractivity contribution in [1.82, 2.24) is 4.98 Å². The molecule has 1 N–H and O–H groups in total. The Kier molecular flexibility index (Phi) is 4.81. The molecule has 6 heteroatoms. The minimum Gasteiger partial charge on any atom is -0.298 e. The van der Waals surface area contributed by atoms with Crippen LogP contribution in [0.5, 0.6) is 0 Å². The van der Waals surface area contributed by atoms with E-state index in [0.717, 1.165) is 20.6 Å². The number of nitrogens with zero attached hydrogens (tertiary/aromatic N) is 1. The van der Waals surface area contributed by atoms with E-state index in [4.69, 9.17) is 11.6 Å². The van der Waals surface area contributed by atoms with E-state index >= 15 is 0 Å². The first-order valence-corrected chi connectivity index (χ1v) is 8.01.